The van der Waals surface area contributed by atoms with E-state index in [-0.39, 0.29) is 76.9 Å². The quantitative estimate of drug-likeness (QED) is 0.126. The number of carbonyl (C=O) groups excluding carboxylic acids is 3. The van der Waals surface area contributed by atoms with Crippen LogP contribution in [0.5, 0.6) is 0 Å². The van der Waals surface area contributed by atoms with Gasteiger partial charge in [0.1, 0.15) is 12.6 Å². The maximum atomic E-state index is 13.0. The topological polar surface area (TPSA) is 226 Å². The molecule has 1 fully saturated rings. The summed E-state index contributed by atoms with van der Waals surface area (Å²) in [7, 11) is -8.96. The van der Waals surface area contributed by atoms with Crippen LogP contribution in [0.25, 0.3) is 11.4 Å². The van der Waals surface area contributed by atoms with Crippen molar-refractivity contribution in [3.8, 4) is 11.4 Å². The Labute approximate surface area is 279 Å². The summed E-state index contributed by atoms with van der Waals surface area (Å²) in [4.78, 5) is 92.3. The van der Waals surface area contributed by atoms with Crippen LogP contribution in [0.2, 0.25) is 0 Å². The Morgan fingerprint density at radius 1 is 0.750 bits per heavy atom. The highest BCUT2D eigenvalue weighted by Crippen LogP contribution is 2.36. The van der Waals surface area contributed by atoms with Crippen LogP contribution in [0.4, 0.5) is 0 Å². The first-order valence-electron chi connectivity index (χ1n) is 15.3. The lowest BCUT2D eigenvalue weighted by Crippen LogP contribution is -2.50. The van der Waals surface area contributed by atoms with Gasteiger partial charge in [0.05, 0.1) is 30.0 Å². The van der Waals surface area contributed by atoms with Gasteiger partial charge in [0.15, 0.2) is 0 Å². The van der Waals surface area contributed by atoms with E-state index in [1.807, 2.05) is 20.8 Å². The Kier molecular flexibility index (Phi) is 14.5. The fourth-order valence-electron chi connectivity index (χ4n) is 4.95. The van der Waals surface area contributed by atoms with E-state index >= 15 is 0 Å². The number of rotatable bonds is 10. The highest BCUT2D eigenvalue weighted by Gasteiger charge is 2.27. The zero-order chi connectivity index (χ0) is 35.5. The monoisotopic (exact) mass is 713 g/mol. The van der Waals surface area contributed by atoms with Gasteiger partial charge in [-0.1, -0.05) is 6.07 Å². The van der Waals surface area contributed by atoms with Crippen LogP contribution >= 0.6 is 15.2 Å². The molecule has 5 N–H and O–H groups in total. The summed E-state index contributed by atoms with van der Waals surface area (Å²) in [5, 5.41) is 2.87. The molecule has 1 amide bonds. The van der Waals surface area contributed by atoms with Gasteiger partial charge in [0.25, 0.3) is 0 Å². The van der Waals surface area contributed by atoms with E-state index in [4.69, 9.17) is 4.74 Å². The fraction of sp³-hybridized carbons (Fsp3) is 0.552. The van der Waals surface area contributed by atoms with Gasteiger partial charge < -0.3 is 29.6 Å². The molecule has 19 heteroatoms. The van der Waals surface area contributed by atoms with E-state index in [2.05, 4.69) is 15.3 Å². The molecule has 1 aliphatic heterocycles. The van der Waals surface area contributed by atoms with Crippen LogP contribution in [0.1, 0.15) is 31.1 Å². The zero-order valence-electron chi connectivity index (χ0n) is 27.3. The largest absolute Gasteiger partial charge is 0.388 e. The van der Waals surface area contributed by atoms with Gasteiger partial charge >= 0.3 is 27.1 Å². The van der Waals surface area contributed by atoms with Gasteiger partial charge in [-0.2, -0.15) is 0 Å². The number of nitrogens with zero attached hydrogens (tertiary/aromatic N) is 6. The molecule has 2 aromatic rings. The predicted molar refractivity (Wildman–Crippen MR) is 176 cm³/mol. The average Bonchev–Trinajstić information content (AvgIpc) is 2.96. The lowest BCUT2D eigenvalue weighted by molar-refractivity contribution is -0.139. The molecule has 0 aliphatic carbocycles. The molecule has 0 radical (unpaired) electrons. The lowest BCUT2D eigenvalue weighted by atomic mass is 10.1. The number of pyridine rings is 2. The number of ether oxygens (including phenoxy) is 1. The minimum atomic E-state index is -4.48. The zero-order valence-corrected chi connectivity index (χ0v) is 29.1. The first kappa shape index (κ1) is 39.5. The summed E-state index contributed by atoms with van der Waals surface area (Å²) in [6.45, 7) is 6.28. The average molecular weight is 714 g/mol. The van der Waals surface area contributed by atoms with Crippen molar-refractivity contribution in [3.63, 3.8) is 0 Å². The summed E-state index contributed by atoms with van der Waals surface area (Å²) < 4.78 is 29.0. The maximum Gasteiger partial charge on any atom is 0.345 e. The second-order valence-electron chi connectivity index (χ2n) is 12.6. The minimum Gasteiger partial charge on any atom is -0.388 e. The van der Waals surface area contributed by atoms with Crippen molar-refractivity contribution >= 4 is 33.0 Å². The maximum absolute atomic E-state index is 13.0. The molecule has 0 bridgehead atoms. The van der Waals surface area contributed by atoms with Crippen LogP contribution < -0.4 is 5.32 Å². The summed E-state index contributed by atoms with van der Waals surface area (Å²) in [5.74, 6) is -2.06. The van der Waals surface area contributed by atoms with Crippen molar-refractivity contribution in [2.75, 3.05) is 78.0 Å². The first-order chi connectivity index (χ1) is 22.3. The van der Waals surface area contributed by atoms with E-state index in [9.17, 15) is 43.1 Å². The number of esters is 2. The molecule has 0 spiro atoms. The van der Waals surface area contributed by atoms with Crippen LogP contribution in [0, 0.1) is 0 Å². The molecule has 0 aromatic carbocycles. The molecule has 3 heterocycles. The van der Waals surface area contributed by atoms with Crippen molar-refractivity contribution in [3.05, 3.63) is 48.3 Å². The van der Waals surface area contributed by atoms with Gasteiger partial charge in [-0.3, -0.25) is 48.3 Å². The van der Waals surface area contributed by atoms with Crippen LogP contribution in [0.3, 0.4) is 0 Å². The van der Waals surface area contributed by atoms with E-state index in [0.29, 0.717) is 11.4 Å². The van der Waals surface area contributed by atoms with Crippen LogP contribution in [0.15, 0.2) is 42.7 Å². The van der Waals surface area contributed by atoms with E-state index in [0.717, 1.165) is 0 Å². The Morgan fingerprint density at radius 3 is 1.73 bits per heavy atom. The van der Waals surface area contributed by atoms with Crippen molar-refractivity contribution in [1.29, 1.82) is 0 Å². The Balaban J connectivity index is 1.75. The van der Waals surface area contributed by atoms with Gasteiger partial charge in [-0.15, -0.1) is 0 Å². The normalized spacial score (nSPS) is 17.2. The molecule has 0 saturated carbocycles. The number of aromatic nitrogens is 2. The molecule has 0 unspecified atom stereocenters. The molecule has 1 aliphatic rings. The summed E-state index contributed by atoms with van der Waals surface area (Å²) >= 11 is 0. The van der Waals surface area contributed by atoms with Crippen molar-refractivity contribution < 1.29 is 47.8 Å². The molecule has 2 aromatic heterocycles. The standard InChI is InChI=1S/C29H45N7O10P2/c1-29(2,3)32-26(37)19-33-10-14-35(21-47(40,41)42)16-12-34(13-17-36(15-11-33)22-48(43,44)45)20-27(38)46-28(39)23-7-9-31-25(18-23)24-6-4-5-8-30-24/h4-9,18H,10-17,19-22H2,1-3H3,(H,32,37)(H2,40,41,42)(H2,43,44,45). The van der Waals surface area contributed by atoms with Gasteiger partial charge in [-0.25, -0.2) is 4.79 Å². The van der Waals surface area contributed by atoms with E-state index < -0.39 is 45.2 Å². The lowest BCUT2D eigenvalue weighted by Gasteiger charge is -2.34. The smallest absolute Gasteiger partial charge is 0.345 e. The predicted octanol–water partition coefficient (Wildman–Crippen LogP) is 0.234. The summed E-state index contributed by atoms with van der Waals surface area (Å²) in [6.07, 6.45) is 1.85. The number of hydrogen-bond acceptors (Lipinski definition) is 12. The van der Waals surface area contributed by atoms with Crippen LogP contribution in [-0.2, 0) is 23.5 Å². The number of nitrogens with one attached hydrogen (secondary N) is 1. The highest BCUT2D eigenvalue weighted by molar-refractivity contribution is 7.51. The number of hydrogen-bond donors (Lipinski definition) is 5. The van der Waals surface area contributed by atoms with Crippen molar-refractivity contribution in [2.24, 2.45) is 0 Å². The fourth-order valence-corrected chi connectivity index (χ4v) is 6.56. The molecule has 17 nitrogen and oxygen atoms in total. The second-order valence-corrected chi connectivity index (χ2v) is 15.8. The third-order valence-electron chi connectivity index (χ3n) is 7.06. The van der Waals surface area contributed by atoms with Gasteiger partial charge in [0, 0.05) is 70.3 Å². The molecular formula is C29H45N7O10P2. The molecular weight excluding hydrogens is 668 g/mol. The van der Waals surface area contributed by atoms with Crippen molar-refractivity contribution in [1.82, 2.24) is 34.9 Å². The van der Waals surface area contributed by atoms with Gasteiger partial charge in [0.2, 0.25) is 5.91 Å². The second kappa shape index (κ2) is 17.6. The first-order valence-corrected chi connectivity index (χ1v) is 18.9. The van der Waals surface area contributed by atoms with Crippen molar-refractivity contribution in [2.45, 2.75) is 26.3 Å². The SMILES string of the molecule is CC(C)(C)NC(=O)CN1CCN(CP(=O)(O)O)CCN(CC(=O)OC(=O)c2ccnc(-c3ccccn3)c2)CCN(CP(=O)(O)O)CC1. The van der Waals surface area contributed by atoms with E-state index in [1.165, 1.54) is 28.1 Å². The number of carbonyl (C=O) groups is 3. The molecule has 3 rings (SSSR count). The molecule has 48 heavy (non-hydrogen) atoms. The summed E-state index contributed by atoms with van der Waals surface area (Å²) in [5.41, 5.74) is 0.519. The van der Waals surface area contributed by atoms with Gasteiger partial charge in [-0.05, 0) is 45.0 Å². The Morgan fingerprint density at radius 2 is 1.25 bits per heavy atom. The third kappa shape index (κ3) is 15.5. The number of amides is 1. The molecule has 266 valence electrons. The van der Waals surface area contributed by atoms with Crippen LogP contribution in [-0.4, -0.2) is 151 Å². The molecule has 0 atom stereocenters. The van der Waals surface area contributed by atoms with E-state index in [1.54, 1.807) is 34.2 Å². The third-order valence-corrected chi connectivity index (χ3v) is 8.60. The molecule has 1 saturated heterocycles. The highest BCUT2D eigenvalue weighted by atomic mass is 31.2. The summed E-state index contributed by atoms with van der Waals surface area (Å²) in [6, 6.07) is 8.06. The Bertz CT molecular complexity index is 1440. The Hall–Kier alpha value is -2.95. The minimum absolute atomic E-state index is 0.0302.